The number of amides is 1. The standard InChI is InChI=1S/C25H27F3N6O/c1-6-24(15-9-7-8-14(10-15)16-12-29-34(5)13(16)2)18-17(11-23(3,4)31-22(18)35)30-21-19(24)20(32-33-21)25(26,27)28/h7-10,12,21,30H,6,11H2,1-5H3,(H,31,35). The minimum atomic E-state index is -4.71. The average Bonchev–Trinajstić information content (AvgIpc) is 3.35. The van der Waals surface area contributed by atoms with Gasteiger partial charge in [0, 0.05) is 41.5 Å². The molecule has 2 aromatic rings. The lowest BCUT2D eigenvalue weighted by Gasteiger charge is -2.48. The Morgan fingerprint density at radius 3 is 2.63 bits per heavy atom. The van der Waals surface area contributed by atoms with E-state index in [0.717, 1.165) is 16.8 Å². The van der Waals surface area contributed by atoms with Crippen LogP contribution < -0.4 is 10.6 Å². The van der Waals surface area contributed by atoms with Gasteiger partial charge in [-0.3, -0.25) is 9.48 Å². The fraction of sp³-hybridized carbons (Fsp3) is 0.440. The third-order valence-corrected chi connectivity index (χ3v) is 7.30. The van der Waals surface area contributed by atoms with Crippen molar-refractivity contribution in [3.05, 3.63) is 64.3 Å². The number of hydrogen-bond acceptors (Lipinski definition) is 5. The zero-order valence-corrected chi connectivity index (χ0v) is 20.2. The van der Waals surface area contributed by atoms with Crippen LogP contribution in [0, 0.1) is 6.92 Å². The quantitative estimate of drug-likeness (QED) is 0.656. The van der Waals surface area contributed by atoms with Gasteiger partial charge >= 0.3 is 6.18 Å². The highest BCUT2D eigenvalue weighted by atomic mass is 19.4. The largest absolute Gasteiger partial charge is 0.435 e. The SMILES string of the molecule is CCC1(c2cccc(-c3cnn(C)c3C)c2)C2=C(CC(C)(C)NC2=O)NC2N=NC(C(F)(F)F)=C21. The van der Waals surface area contributed by atoms with Gasteiger partial charge in [0.2, 0.25) is 0 Å². The molecule has 0 fully saturated rings. The number of azo groups is 1. The van der Waals surface area contributed by atoms with Gasteiger partial charge in [-0.2, -0.15) is 23.4 Å². The number of aryl methyl sites for hydroxylation is 1. The first-order chi connectivity index (χ1) is 16.4. The second kappa shape index (κ2) is 7.53. The summed E-state index contributed by atoms with van der Waals surface area (Å²) in [5.74, 6) is -0.382. The van der Waals surface area contributed by atoms with E-state index in [2.05, 4.69) is 26.0 Å². The van der Waals surface area contributed by atoms with Crippen molar-refractivity contribution >= 4 is 5.91 Å². The first-order valence-corrected chi connectivity index (χ1v) is 11.5. The lowest BCUT2D eigenvalue weighted by molar-refractivity contribution is -0.120. The van der Waals surface area contributed by atoms with Gasteiger partial charge in [-0.25, -0.2) is 0 Å². The molecule has 3 aliphatic heterocycles. The van der Waals surface area contributed by atoms with E-state index in [0.29, 0.717) is 23.3 Å². The third-order valence-electron chi connectivity index (χ3n) is 7.30. The number of aromatic nitrogens is 2. The molecule has 2 N–H and O–H groups in total. The zero-order valence-electron chi connectivity index (χ0n) is 20.2. The fourth-order valence-corrected chi connectivity index (χ4v) is 5.66. The highest BCUT2D eigenvalue weighted by molar-refractivity contribution is 6.00. The molecule has 0 saturated carbocycles. The molecule has 0 aliphatic carbocycles. The van der Waals surface area contributed by atoms with Gasteiger partial charge in [-0.1, -0.05) is 25.1 Å². The number of alkyl halides is 3. The van der Waals surface area contributed by atoms with Gasteiger partial charge in [0.05, 0.1) is 17.2 Å². The molecular formula is C25H27F3N6O. The van der Waals surface area contributed by atoms with Crippen molar-refractivity contribution in [1.29, 1.82) is 0 Å². The summed E-state index contributed by atoms with van der Waals surface area (Å²) in [7, 11) is 1.83. The van der Waals surface area contributed by atoms with Crippen LogP contribution in [-0.2, 0) is 17.3 Å². The van der Waals surface area contributed by atoms with Crippen molar-refractivity contribution in [1.82, 2.24) is 20.4 Å². The monoisotopic (exact) mass is 484 g/mol. The third kappa shape index (κ3) is 3.41. The van der Waals surface area contributed by atoms with Gasteiger partial charge in [-0.05, 0) is 44.4 Å². The van der Waals surface area contributed by atoms with Crippen molar-refractivity contribution < 1.29 is 18.0 Å². The molecule has 2 unspecified atom stereocenters. The predicted molar refractivity (Wildman–Crippen MR) is 124 cm³/mol. The highest BCUT2D eigenvalue weighted by Crippen LogP contribution is 2.55. The maximum absolute atomic E-state index is 14.2. The van der Waals surface area contributed by atoms with Crippen LogP contribution in [0.15, 0.2) is 63.2 Å². The maximum Gasteiger partial charge on any atom is 0.435 e. The highest BCUT2D eigenvalue weighted by Gasteiger charge is 2.57. The van der Waals surface area contributed by atoms with Crippen molar-refractivity contribution in [2.24, 2.45) is 17.3 Å². The number of allylic oxidation sites excluding steroid dienone is 1. The normalized spacial score (nSPS) is 25.4. The molecule has 4 heterocycles. The molecular weight excluding hydrogens is 457 g/mol. The minimum Gasteiger partial charge on any atom is -0.362 e. The molecule has 0 spiro atoms. The lowest BCUT2D eigenvalue weighted by Crippen LogP contribution is -2.58. The molecule has 10 heteroatoms. The van der Waals surface area contributed by atoms with Crippen LogP contribution in [0.2, 0.25) is 0 Å². The summed E-state index contributed by atoms with van der Waals surface area (Å²) < 4.78 is 44.4. The Kier molecular flexibility index (Phi) is 5.02. The van der Waals surface area contributed by atoms with E-state index in [1.165, 1.54) is 0 Å². The number of rotatable bonds is 3. The summed E-state index contributed by atoms with van der Waals surface area (Å²) >= 11 is 0. The summed E-state index contributed by atoms with van der Waals surface area (Å²) in [6, 6.07) is 7.37. The molecule has 3 aliphatic rings. The molecule has 0 radical (unpaired) electrons. The summed E-state index contributed by atoms with van der Waals surface area (Å²) in [5, 5.41) is 18.0. The first kappa shape index (κ1) is 23.3. The van der Waals surface area contributed by atoms with E-state index in [1.807, 2.05) is 46.0 Å². The number of fused-ring (bicyclic) bond motifs is 1. The van der Waals surface area contributed by atoms with Crippen molar-refractivity contribution in [3.63, 3.8) is 0 Å². The Bertz CT molecular complexity index is 1330. The molecule has 1 amide bonds. The molecule has 0 bridgehead atoms. The molecule has 0 saturated heterocycles. The van der Waals surface area contributed by atoms with Crippen LogP contribution in [-0.4, -0.2) is 33.6 Å². The van der Waals surface area contributed by atoms with Gasteiger partial charge in [0.1, 0.15) is 0 Å². The van der Waals surface area contributed by atoms with Gasteiger partial charge in [0.25, 0.3) is 5.91 Å². The van der Waals surface area contributed by atoms with E-state index in [1.54, 1.807) is 23.9 Å². The Balaban J connectivity index is 1.83. The summed E-state index contributed by atoms with van der Waals surface area (Å²) in [6.07, 6.45) is -3.30. The number of hydrogen-bond donors (Lipinski definition) is 2. The lowest BCUT2D eigenvalue weighted by atomic mass is 9.61. The Morgan fingerprint density at radius 2 is 2.00 bits per heavy atom. The average molecular weight is 485 g/mol. The first-order valence-electron chi connectivity index (χ1n) is 11.5. The van der Waals surface area contributed by atoms with E-state index in [-0.39, 0.29) is 17.9 Å². The maximum atomic E-state index is 14.2. The summed E-state index contributed by atoms with van der Waals surface area (Å²) in [4.78, 5) is 13.6. The number of benzene rings is 1. The zero-order chi connectivity index (χ0) is 25.3. The van der Waals surface area contributed by atoms with Crippen molar-refractivity contribution in [2.75, 3.05) is 0 Å². The second-order valence-corrected chi connectivity index (χ2v) is 10.00. The van der Waals surface area contributed by atoms with Crippen molar-refractivity contribution in [2.45, 2.75) is 63.8 Å². The molecule has 184 valence electrons. The van der Waals surface area contributed by atoms with Crippen molar-refractivity contribution in [3.8, 4) is 11.1 Å². The predicted octanol–water partition coefficient (Wildman–Crippen LogP) is 4.81. The van der Waals surface area contributed by atoms with Crippen LogP contribution in [0.4, 0.5) is 13.2 Å². The van der Waals surface area contributed by atoms with Gasteiger partial charge < -0.3 is 10.6 Å². The molecule has 7 nitrogen and oxygen atoms in total. The molecule has 1 aromatic carbocycles. The molecule has 2 atom stereocenters. The Labute approximate surface area is 201 Å². The topological polar surface area (TPSA) is 83.7 Å². The Hall–Kier alpha value is -3.43. The number of carbonyl (C=O) groups is 1. The van der Waals surface area contributed by atoms with Crippen LogP contribution in [0.5, 0.6) is 0 Å². The van der Waals surface area contributed by atoms with Gasteiger partial charge in [-0.15, -0.1) is 5.11 Å². The summed E-state index contributed by atoms with van der Waals surface area (Å²) in [6.45, 7) is 7.51. The van der Waals surface area contributed by atoms with Crippen LogP contribution in [0.3, 0.4) is 0 Å². The summed E-state index contributed by atoms with van der Waals surface area (Å²) in [5.41, 5.74) is 1.15. The second-order valence-electron chi connectivity index (χ2n) is 10.00. The minimum absolute atomic E-state index is 0.0267. The number of carbonyl (C=O) groups excluding carboxylic acids is 1. The van der Waals surface area contributed by atoms with Crippen LogP contribution in [0.1, 0.15) is 44.9 Å². The molecule has 1 aromatic heterocycles. The number of nitrogens with zero attached hydrogens (tertiary/aromatic N) is 4. The molecule has 5 rings (SSSR count). The number of nitrogens with one attached hydrogen (secondary N) is 2. The smallest absolute Gasteiger partial charge is 0.362 e. The van der Waals surface area contributed by atoms with E-state index in [9.17, 15) is 18.0 Å². The fourth-order valence-electron chi connectivity index (χ4n) is 5.66. The van der Waals surface area contributed by atoms with Crippen LogP contribution >= 0.6 is 0 Å². The number of halogens is 3. The molecule has 35 heavy (non-hydrogen) atoms. The Morgan fingerprint density at radius 1 is 1.26 bits per heavy atom. The van der Waals surface area contributed by atoms with Crippen LogP contribution in [0.25, 0.3) is 11.1 Å². The van der Waals surface area contributed by atoms with E-state index < -0.39 is 29.0 Å². The van der Waals surface area contributed by atoms with E-state index in [4.69, 9.17) is 0 Å². The van der Waals surface area contributed by atoms with Gasteiger partial charge in [0.15, 0.2) is 11.9 Å². The van der Waals surface area contributed by atoms with E-state index >= 15 is 0 Å².